The molecule has 2 amide bonds. The van der Waals surface area contributed by atoms with Gasteiger partial charge in [-0.1, -0.05) is 30.3 Å². The summed E-state index contributed by atoms with van der Waals surface area (Å²) in [5.74, 6) is -0.343. The third kappa shape index (κ3) is 2.94. The van der Waals surface area contributed by atoms with Crippen molar-refractivity contribution in [3.8, 4) is 0 Å². The maximum atomic E-state index is 13.0. The molecule has 1 heterocycles. The highest BCUT2D eigenvalue weighted by Crippen LogP contribution is 2.32. The number of urea groups is 1. The minimum absolute atomic E-state index is 0.192. The Morgan fingerprint density at radius 1 is 1.14 bits per heavy atom. The third-order valence-electron chi connectivity index (χ3n) is 3.94. The molecular weight excluding hydrogens is 283 g/mol. The van der Waals surface area contributed by atoms with Crippen molar-refractivity contribution in [3.63, 3.8) is 0 Å². The Bertz CT molecular complexity index is 660. The third-order valence-corrected chi connectivity index (χ3v) is 3.94. The molecule has 1 aliphatic heterocycles. The summed E-state index contributed by atoms with van der Waals surface area (Å²) in [6.07, 6.45) is 0.431. The highest BCUT2D eigenvalue weighted by atomic mass is 19.1. The van der Waals surface area contributed by atoms with Crippen LogP contribution in [0.15, 0.2) is 54.6 Å². The van der Waals surface area contributed by atoms with E-state index in [-0.39, 0.29) is 18.4 Å². The number of hydrogen-bond acceptors (Lipinski definition) is 2. The number of para-hydroxylation sites is 1. The quantitative estimate of drug-likeness (QED) is 0.896. The van der Waals surface area contributed by atoms with Crippen molar-refractivity contribution in [1.82, 2.24) is 4.90 Å². The van der Waals surface area contributed by atoms with Crippen LogP contribution in [0.2, 0.25) is 0 Å². The van der Waals surface area contributed by atoms with Gasteiger partial charge in [0.05, 0.1) is 6.54 Å². The summed E-state index contributed by atoms with van der Waals surface area (Å²) in [5.41, 5.74) is 0.218. The molecule has 0 bridgehead atoms. The fourth-order valence-electron chi connectivity index (χ4n) is 2.69. The second kappa shape index (κ2) is 5.77. The van der Waals surface area contributed by atoms with E-state index >= 15 is 0 Å². The molecular formula is C17H17FN2O2. The van der Waals surface area contributed by atoms with Gasteiger partial charge in [0.2, 0.25) is 0 Å². The van der Waals surface area contributed by atoms with Crippen LogP contribution in [0.5, 0.6) is 0 Å². The summed E-state index contributed by atoms with van der Waals surface area (Å²) >= 11 is 0. The topological polar surface area (TPSA) is 52.6 Å². The first-order valence-corrected chi connectivity index (χ1v) is 7.16. The van der Waals surface area contributed by atoms with Crippen LogP contribution in [-0.4, -0.2) is 29.1 Å². The van der Waals surface area contributed by atoms with Gasteiger partial charge in [0.1, 0.15) is 11.4 Å². The molecule has 1 atom stereocenters. The smallest absolute Gasteiger partial charge is 0.321 e. The number of hydrogen-bond donors (Lipinski definition) is 2. The van der Waals surface area contributed by atoms with Gasteiger partial charge in [-0.25, -0.2) is 9.18 Å². The molecule has 0 aromatic heterocycles. The lowest BCUT2D eigenvalue weighted by atomic mass is 9.93. The lowest BCUT2D eigenvalue weighted by Crippen LogP contribution is -2.36. The number of halogens is 1. The Labute approximate surface area is 128 Å². The lowest BCUT2D eigenvalue weighted by Gasteiger charge is -2.24. The largest absolute Gasteiger partial charge is 0.383 e. The molecule has 1 saturated heterocycles. The number of aliphatic hydroxyl groups is 1. The van der Waals surface area contributed by atoms with Crippen LogP contribution in [0.1, 0.15) is 12.0 Å². The van der Waals surface area contributed by atoms with Gasteiger partial charge in [0, 0.05) is 12.2 Å². The highest BCUT2D eigenvalue weighted by molar-refractivity contribution is 5.89. The maximum absolute atomic E-state index is 13.0. The zero-order valence-electron chi connectivity index (χ0n) is 12.0. The van der Waals surface area contributed by atoms with Gasteiger partial charge in [0.15, 0.2) is 0 Å². The number of nitrogens with one attached hydrogen (secondary N) is 1. The standard InChI is InChI=1S/C17H17FN2O2/c18-14-8-6-13(7-9-14)17(22)10-11-20(12-17)16(21)19-15-4-2-1-3-5-15/h1-9,22H,10-12H2,(H,19,21). The summed E-state index contributed by atoms with van der Waals surface area (Å²) in [4.78, 5) is 13.8. The molecule has 3 rings (SSSR count). The molecule has 1 aliphatic rings. The molecule has 0 spiro atoms. The molecule has 2 N–H and O–H groups in total. The van der Waals surface area contributed by atoms with Crippen LogP contribution < -0.4 is 5.32 Å². The van der Waals surface area contributed by atoms with E-state index in [0.29, 0.717) is 24.2 Å². The van der Waals surface area contributed by atoms with Crippen molar-refractivity contribution in [1.29, 1.82) is 0 Å². The maximum Gasteiger partial charge on any atom is 0.321 e. The molecule has 0 aliphatic carbocycles. The Morgan fingerprint density at radius 3 is 2.50 bits per heavy atom. The first-order valence-electron chi connectivity index (χ1n) is 7.16. The average molecular weight is 300 g/mol. The monoisotopic (exact) mass is 300 g/mol. The van der Waals surface area contributed by atoms with Crippen molar-refractivity contribution in [2.75, 3.05) is 18.4 Å². The highest BCUT2D eigenvalue weighted by Gasteiger charge is 2.39. The Morgan fingerprint density at radius 2 is 1.82 bits per heavy atom. The van der Waals surface area contributed by atoms with E-state index in [0.717, 1.165) is 0 Å². The minimum atomic E-state index is -1.12. The molecule has 1 unspecified atom stereocenters. The van der Waals surface area contributed by atoms with Gasteiger partial charge in [-0.2, -0.15) is 0 Å². The van der Waals surface area contributed by atoms with Crippen LogP contribution in [0, 0.1) is 5.82 Å². The molecule has 0 saturated carbocycles. The van der Waals surface area contributed by atoms with Gasteiger partial charge in [-0.15, -0.1) is 0 Å². The summed E-state index contributed by atoms with van der Waals surface area (Å²) < 4.78 is 13.0. The van der Waals surface area contributed by atoms with E-state index in [2.05, 4.69) is 5.32 Å². The summed E-state index contributed by atoms with van der Waals surface area (Å²) in [6, 6.07) is 14.7. The first kappa shape index (κ1) is 14.5. The Balaban J connectivity index is 1.68. The number of β-amino-alcohol motifs (C(OH)–C–C–N with tert-alkyl or cyclic N) is 1. The minimum Gasteiger partial charge on any atom is -0.383 e. The molecule has 0 radical (unpaired) electrons. The van der Waals surface area contributed by atoms with Crippen LogP contribution in [0.3, 0.4) is 0 Å². The summed E-state index contributed by atoms with van der Waals surface area (Å²) in [5, 5.41) is 13.5. The zero-order chi connectivity index (χ0) is 15.6. The molecule has 22 heavy (non-hydrogen) atoms. The fraction of sp³-hybridized carbons (Fsp3) is 0.235. The predicted octanol–water partition coefficient (Wildman–Crippen LogP) is 2.95. The summed E-state index contributed by atoms with van der Waals surface area (Å²) in [7, 11) is 0. The zero-order valence-corrected chi connectivity index (χ0v) is 12.0. The van der Waals surface area contributed by atoms with E-state index in [1.807, 2.05) is 18.2 Å². The molecule has 1 fully saturated rings. The number of carbonyl (C=O) groups excluding carboxylic acids is 1. The second-order valence-electron chi connectivity index (χ2n) is 5.51. The fourth-order valence-corrected chi connectivity index (χ4v) is 2.69. The SMILES string of the molecule is O=C(Nc1ccccc1)N1CCC(O)(c2ccc(F)cc2)C1. The van der Waals surface area contributed by atoms with E-state index in [1.165, 1.54) is 12.1 Å². The van der Waals surface area contributed by atoms with Gasteiger partial charge in [-0.3, -0.25) is 0 Å². The average Bonchev–Trinajstić information content (AvgIpc) is 2.93. The molecule has 5 heteroatoms. The van der Waals surface area contributed by atoms with Gasteiger partial charge in [0.25, 0.3) is 0 Å². The first-order chi connectivity index (χ1) is 10.6. The molecule has 4 nitrogen and oxygen atoms in total. The number of nitrogens with zero attached hydrogens (tertiary/aromatic N) is 1. The normalized spacial score (nSPS) is 20.9. The van der Waals surface area contributed by atoms with Gasteiger partial charge >= 0.3 is 6.03 Å². The number of carbonyl (C=O) groups is 1. The van der Waals surface area contributed by atoms with Gasteiger partial charge in [-0.05, 0) is 36.2 Å². The number of benzene rings is 2. The second-order valence-corrected chi connectivity index (χ2v) is 5.51. The number of rotatable bonds is 2. The Hall–Kier alpha value is -2.40. The summed E-state index contributed by atoms with van der Waals surface area (Å²) in [6.45, 7) is 0.643. The van der Waals surface area contributed by atoms with Crippen LogP contribution >= 0.6 is 0 Å². The van der Waals surface area contributed by atoms with Crippen LogP contribution in [0.4, 0.5) is 14.9 Å². The Kier molecular flexibility index (Phi) is 3.81. The van der Waals surface area contributed by atoms with Crippen molar-refractivity contribution in [2.24, 2.45) is 0 Å². The van der Waals surface area contributed by atoms with Crippen molar-refractivity contribution >= 4 is 11.7 Å². The number of anilines is 1. The molecule has 2 aromatic carbocycles. The van der Waals surface area contributed by atoms with E-state index in [9.17, 15) is 14.3 Å². The van der Waals surface area contributed by atoms with E-state index < -0.39 is 5.60 Å². The van der Waals surface area contributed by atoms with E-state index in [1.54, 1.807) is 29.2 Å². The van der Waals surface area contributed by atoms with Crippen molar-refractivity contribution in [2.45, 2.75) is 12.0 Å². The number of amides is 2. The lowest BCUT2D eigenvalue weighted by molar-refractivity contribution is 0.0500. The van der Waals surface area contributed by atoms with Crippen molar-refractivity contribution < 1.29 is 14.3 Å². The predicted molar refractivity (Wildman–Crippen MR) is 81.9 cm³/mol. The number of likely N-dealkylation sites (tertiary alicyclic amines) is 1. The van der Waals surface area contributed by atoms with Gasteiger partial charge < -0.3 is 15.3 Å². The van der Waals surface area contributed by atoms with Crippen LogP contribution in [0.25, 0.3) is 0 Å². The molecule has 114 valence electrons. The van der Waals surface area contributed by atoms with Crippen molar-refractivity contribution in [3.05, 3.63) is 66.0 Å². The van der Waals surface area contributed by atoms with E-state index in [4.69, 9.17) is 0 Å². The van der Waals surface area contributed by atoms with Crippen LogP contribution in [-0.2, 0) is 5.60 Å². The molecule has 2 aromatic rings.